The van der Waals surface area contributed by atoms with Crippen LogP contribution >= 0.6 is 0 Å². The number of carbonyl (C=O) groups is 2. The Morgan fingerprint density at radius 2 is 1.68 bits per heavy atom. The normalized spacial score (nSPS) is 18.5. The molecule has 1 aliphatic heterocycles. The van der Waals surface area contributed by atoms with Gasteiger partial charge in [0.05, 0.1) is 11.3 Å². The molecule has 1 aromatic carbocycles. The van der Waals surface area contributed by atoms with E-state index in [1.165, 1.54) is 6.07 Å². The minimum absolute atomic E-state index is 0.106. The van der Waals surface area contributed by atoms with Crippen molar-refractivity contribution in [3.8, 4) is 5.75 Å². The van der Waals surface area contributed by atoms with Gasteiger partial charge in [-0.05, 0) is 45.5 Å². The van der Waals surface area contributed by atoms with E-state index in [0.717, 1.165) is 58.7 Å². The van der Waals surface area contributed by atoms with Crippen molar-refractivity contribution in [3.63, 3.8) is 0 Å². The summed E-state index contributed by atoms with van der Waals surface area (Å²) in [5, 5.41) is 13.2. The van der Waals surface area contributed by atoms with E-state index in [2.05, 4.69) is 15.1 Å². The Bertz CT molecular complexity index is 767. The van der Waals surface area contributed by atoms with Crippen LogP contribution in [0.1, 0.15) is 40.5 Å². The molecule has 0 atom stereocenters. The largest absolute Gasteiger partial charge is 0.507 e. The van der Waals surface area contributed by atoms with Gasteiger partial charge < -0.3 is 26.0 Å². The number of nitrogens with two attached hydrogens (primary N) is 1. The summed E-state index contributed by atoms with van der Waals surface area (Å²) in [4.78, 5) is 30.2. The lowest BCUT2D eigenvalue weighted by Crippen LogP contribution is -2.47. The maximum absolute atomic E-state index is 12.8. The van der Waals surface area contributed by atoms with E-state index >= 15 is 0 Å². The summed E-state index contributed by atoms with van der Waals surface area (Å²) in [5.41, 5.74) is 6.68. The molecule has 7 nitrogen and oxygen atoms in total. The number of carbonyl (C=O) groups excluding carboxylic acids is 2. The van der Waals surface area contributed by atoms with Crippen molar-refractivity contribution in [3.05, 3.63) is 40.6 Å². The third-order valence-corrected chi connectivity index (χ3v) is 5.55. The van der Waals surface area contributed by atoms with Crippen LogP contribution in [-0.2, 0) is 0 Å². The summed E-state index contributed by atoms with van der Waals surface area (Å²) in [6, 6.07) is 4.61. The van der Waals surface area contributed by atoms with Crippen LogP contribution in [0.3, 0.4) is 0 Å². The fourth-order valence-electron chi connectivity index (χ4n) is 3.86. The lowest BCUT2D eigenvalue weighted by atomic mass is 9.87. The zero-order valence-electron chi connectivity index (χ0n) is 16.5. The van der Waals surface area contributed by atoms with E-state index in [-0.39, 0.29) is 28.4 Å². The van der Waals surface area contributed by atoms with Crippen molar-refractivity contribution in [2.75, 3.05) is 52.4 Å². The monoisotopic (exact) mass is 386 g/mol. The average molecular weight is 386 g/mol. The molecule has 1 aliphatic carbocycles. The van der Waals surface area contributed by atoms with Crippen LogP contribution in [0.2, 0.25) is 0 Å². The van der Waals surface area contributed by atoms with E-state index in [4.69, 9.17) is 5.73 Å². The molecule has 1 heterocycles. The predicted octanol–water partition coefficient (Wildman–Crippen LogP) is 0.991. The fourth-order valence-corrected chi connectivity index (χ4v) is 3.86. The predicted molar refractivity (Wildman–Crippen MR) is 109 cm³/mol. The van der Waals surface area contributed by atoms with Crippen molar-refractivity contribution in [1.82, 2.24) is 15.1 Å². The molecule has 3 rings (SSSR count). The number of benzene rings is 1. The highest BCUT2D eigenvalue weighted by Gasteiger charge is 2.32. The molecule has 0 spiro atoms. The van der Waals surface area contributed by atoms with Crippen molar-refractivity contribution in [2.24, 2.45) is 5.73 Å². The first-order valence-electron chi connectivity index (χ1n) is 10.0. The number of hydrogen-bond acceptors (Lipinski definition) is 7. The molecule has 0 unspecified atom stereocenters. The first-order chi connectivity index (χ1) is 13.5. The van der Waals surface area contributed by atoms with Crippen LogP contribution < -0.4 is 11.1 Å². The third kappa shape index (κ3) is 4.43. The third-order valence-electron chi connectivity index (χ3n) is 5.55. The van der Waals surface area contributed by atoms with Crippen LogP contribution in [0.5, 0.6) is 5.75 Å². The summed E-state index contributed by atoms with van der Waals surface area (Å²) in [7, 11) is 0. The van der Waals surface area contributed by atoms with Gasteiger partial charge >= 0.3 is 0 Å². The molecule has 0 bridgehead atoms. The van der Waals surface area contributed by atoms with Crippen molar-refractivity contribution in [1.29, 1.82) is 0 Å². The number of nitrogens with zero attached hydrogens (tertiary/aromatic N) is 2. The van der Waals surface area contributed by atoms with E-state index in [9.17, 15) is 14.7 Å². The van der Waals surface area contributed by atoms with Crippen molar-refractivity contribution in [2.45, 2.75) is 19.8 Å². The SMILES string of the molecule is CC1=C(NCCCN2CCN(CCCN)CC2)C(=O)c2c(O)cccc2C1=O. The zero-order chi connectivity index (χ0) is 20.1. The van der Waals surface area contributed by atoms with E-state index in [0.29, 0.717) is 17.8 Å². The topological polar surface area (TPSA) is 98.9 Å². The van der Waals surface area contributed by atoms with Crippen molar-refractivity contribution < 1.29 is 14.7 Å². The van der Waals surface area contributed by atoms with Gasteiger partial charge in [0.25, 0.3) is 0 Å². The molecule has 0 aromatic heterocycles. The van der Waals surface area contributed by atoms with E-state index in [1.54, 1.807) is 19.1 Å². The van der Waals surface area contributed by atoms with E-state index < -0.39 is 0 Å². The molecule has 1 aromatic rings. The Morgan fingerprint density at radius 1 is 1.04 bits per heavy atom. The number of Topliss-reactive ketones (excluding diaryl/α,β-unsaturated/α-hetero) is 2. The maximum Gasteiger partial charge on any atom is 0.213 e. The number of allylic oxidation sites excluding steroid dienone is 2. The summed E-state index contributed by atoms with van der Waals surface area (Å²) in [5.74, 6) is -0.657. The molecule has 1 saturated heterocycles. The molecule has 0 saturated carbocycles. The Kier molecular flexibility index (Phi) is 6.83. The molecule has 1 fully saturated rings. The Morgan fingerprint density at radius 3 is 2.32 bits per heavy atom. The van der Waals surface area contributed by atoms with Gasteiger partial charge in [0, 0.05) is 43.9 Å². The second-order valence-corrected chi connectivity index (χ2v) is 7.46. The van der Waals surface area contributed by atoms with Gasteiger partial charge in [0.1, 0.15) is 5.75 Å². The molecule has 4 N–H and O–H groups in total. The van der Waals surface area contributed by atoms with Crippen LogP contribution in [0.15, 0.2) is 29.5 Å². The highest BCUT2D eigenvalue weighted by atomic mass is 16.3. The lowest BCUT2D eigenvalue weighted by molar-refractivity contribution is 0.0965. The molecule has 0 amide bonds. The number of ketones is 2. The molecule has 152 valence electrons. The molecular weight excluding hydrogens is 356 g/mol. The smallest absolute Gasteiger partial charge is 0.213 e. The lowest BCUT2D eigenvalue weighted by Gasteiger charge is -2.34. The number of piperazine rings is 1. The summed E-state index contributed by atoms with van der Waals surface area (Å²) in [6.07, 6.45) is 1.93. The molecule has 0 radical (unpaired) electrons. The van der Waals surface area contributed by atoms with Gasteiger partial charge in [0.15, 0.2) is 5.78 Å². The fraction of sp³-hybridized carbons (Fsp3) is 0.524. The molecular formula is C21H30N4O3. The summed E-state index contributed by atoms with van der Waals surface area (Å²) >= 11 is 0. The number of aromatic hydroxyl groups is 1. The van der Waals surface area contributed by atoms with Crippen molar-refractivity contribution >= 4 is 11.6 Å². The summed E-state index contributed by atoms with van der Waals surface area (Å²) < 4.78 is 0. The number of phenols is 1. The minimum Gasteiger partial charge on any atom is -0.507 e. The number of phenolic OH excluding ortho intramolecular Hbond substituents is 1. The zero-order valence-corrected chi connectivity index (χ0v) is 16.5. The number of fused-ring (bicyclic) bond motifs is 1. The second-order valence-electron chi connectivity index (χ2n) is 7.46. The van der Waals surface area contributed by atoms with Gasteiger partial charge in [-0.15, -0.1) is 0 Å². The minimum atomic E-state index is -0.307. The summed E-state index contributed by atoms with van der Waals surface area (Å²) in [6.45, 7) is 9.28. The van der Waals surface area contributed by atoms with E-state index in [1.807, 2.05) is 0 Å². The highest BCUT2D eigenvalue weighted by Crippen LogP contribution is 2.30. The number of hydrogen-bond donors (Lipinski definition) is 3. The quantitative estimate of drug-likeness (QED) is 0.573. The molecule has 7 heteroatoms. The number of rotatable bonds is 8. The average Bonchev–Trinajstić information content (AvgIpc) is 2.70. The van der Waals surface area contributed by atoms with Gasteiger partial charge in [0.2, 0.25) is 5.78 Å². The first kappa shape index (κ1) is 20.5. The Balaban J connectivity index is 1.49. The molecule has 2 aliphatic rings. The van der Waals surface area contributed by atoms with Crippen LogP contribution in [-0.4, -0.2) is 78.8 Å². The van der Waals surface area contributed by atoms with Gasteiger partial charge in [-0.1, -0.05) is 12.1 Å². The molecule has 28 heavy (non-hydrogen) atoms. The second kappa shape index (κ2) is 9.32. The Hall–Kier alpha value is -2.22. The van der Waals surface area contributed by atoms with Gasteiger partial charge in [-0.25, -0.2) is 0 Å². The van der Waals surface area contributed by atoms with Crippen LogP contribution in [0.4, 0.5) is 0 Å². The van der Waals surface area contributed by atoms with Crippen LogP contribution in [0, 0.1) is 0 Å². The standard InChI is InChI=1S/C21H30N4O3/c1-15-19(21(28)18-16(20(15)27)5-2-6-17(18)26)23-8-4-10-25-13-11-24(12-14-25)9-3-7-22/h2,5-6,23,26H,3-4,7-14,22H2,1H3. The first-order valence-corrected chi connectivity index (χ1v) is 10.0. The number of nitrogens with one attached hydrogen (secondary N) is 1. The maximum atomic E-state index is 12.8. The highest BCUT2D eigenvalue weighted by molar-refractivity contribution is 6.27. The van der Waals surface area contributed by atoms with Gasteiger partial charge in [-0.3, -0.25) is 9.59 Å². The van der Waals surface area contributed by atoms with Crippen LogP contribution in [0.25, 0.3) is 0 Å². The Labute approximate surface area is 166 Å². The van der Waals surface area contributed by atoms with Gasteiger partial charge in [-0.2, -0.15) is 0 Å².